The number of aryl methyl sites for hydroxylation is 1. The zero-order chi connectivity index (χ0) is 10.5. The van der Waals surface area contributed by atoms with Gasteiger partial charge in [0.15, 0.2) is 0 Å². The molecule has 0 bridgehead atoms. The maximum atomic E-state index is 4.29. The van der Waals surface area contributed by atoms with Crippen LogP contribution in [0.1, 0.15) is 31.5 Å². The zero-order valence-corrected chi connectivity index (χ0v) is 9.58. The number of hydrogen-bond donors (Lipinski definition) is 1. The van der Waals surface area contributed by atoms with Crippen LogP contribution in [-0.4, -0.2) is 22.6 Å². The van der Waals surface area contributed by atoms with E-state index in [-0.39, 0.29) is 0 Å². The highest BCUT2D eigenvalue weighted by atomic mass is 15.0. The number of nitrogens with one attached hydrogen (secondary N) is 1. The van der Waals surface area contributed by atoms with Gasteiger partial charge in [-0.3, -0.25) is 0 Å². The summed E-state index contributed by atoms with van der Waals surface area (Å²) in [5, 5.41) is 3.48. The first-order valence-corrected chi connectivity index (χ1v) is 6.03. The molecule has 0 aliphatic heterocycles. The van der Waals surface area contributed by atoms with Crippen molar-refractivity contribution in [1.82, 2.24) is 14.9 Å². The van der Waals surface area contributed by atoms with Crippen molar-refractivity contribution in [3.63, 3.8) is 0 Å². The van der Waals surface area contributed by atoms with Crippen LogP contribution in [-0.2, 0) is 13.5 Å². The van der Waals surface area contributed by atoms with Crippen LogP contribution in [0.15, 0.2) is 12.4 Å². The summed E-state index contributed by atoms with van der Waals surface area (Å²) in [6, 6.07) is 0. The summed E-state index contributed by atoms with van der Waals surface area (Å²) in [5.41, 5.74) is 0. The highest BCUT2D eigenvalue weighted by Crippen LogP contribution is 2.33. The molecule has 1 fully saturated rings. The quantitative estimate of drug-likeness (QED) is 0.690. The van der Waals surface area contributed by atoms with E-state index in [2.05, 4.69) is 21.9 Å². The van der Waals surface area contributed by atoms with Crippen LogP contribution in [0.2, 0.25) is 0 Å². The van der Waals surface area contributed by atoms with E-state index in [0.29, 0.717) is 0 Å². The van der Waals surface area contributed by atoms with Crippen LogP contribution in [0, 0.1) is 5.92 Å². The summed E-state index contributed by atoms with van der Waals surface area (Å²) >= 11 is 0. The smallest absolute Gasteiger partial charge is 0.109 e. The molecule has 84 valence electrons. The molecule has 1 aromatic rings. The van der Waals surface area contributed by atoms with Gasteiger partial charge in [0.1, 0.15) is 5.82 Å². The molecule has 0 amide bonds. The van der Waals surface area contributed by atoms with Gasteiger partial charge in [-0.2, -0.15) is 0 Å². The largest absolute Gasteiger partial charge is 0.338 e. The lowest BCUT2D eigenvalue weighted by atomic mass is 10.2. The van der Waals surface area contributed by atoms with Gasteiger partial charge in [-0.25, -0.2) is 4.98 Å². The third-order valence-corrected chi connectivity index (χ3v) is 3.11. The van der Waals surface area contributed by atoms with Gasteiger partial charge >= 0.3 is 0 Å². The lowest BCUT2D eigenvalue weighted by Gasteiger charge is -2.04. The van der Waals surface area contributed by atoms with Crippen molar-refractivity contribution in [3.05, 3.63) is 18.2 Å². The third-order valence-electron chi connectivity index (χ3n) is 3.11. The van der Waals surface area contributed by atoms with Gasteiger partial charge in [-0.05, 0) is 25.3 Å². The molecule has 0 aromatic carbocycles. The van der Waals surface area contributed by atoms with E-state index in [1.165, 1.54) is 38.1 Å². The molecule has 1 aliphatic rings. The van der Waals surface area contributed by atoms with E-state index in [9.17, 15) is 0 Å². The fourth-order valence-electron chi connectivity index (χ4n) is 1.88. The maximum Gasteiger partial charge on any atom is 0.109 e. The van der Waals surface area contributed by atoms with E-state index in [1.54, 1.807) is 0 Å². The molecular formula is C12H21N3. The van der Waals surface area contributed by atoms with E-state index in [0.717, 1.165) is 18.9 Å². The monoisotopic (exact) mass is 207 g/mol. The fraction of sp³-hybridized carbons (Fsp3) is 0.750. The lowest BCUT2D eigenvalue weighted by molar-refractivity contribution is 0.586. The van der Waals surface area contributed by atoms with Crippen molar-refractivity contribution in [1.29, 1.82) is 0 Å². The number of nitrogens with zero attached hydrogens (tertiary/aromatic N) is 2. The predicted molar refractivity (Wildman–Crippen MR) is 61.7 cm³/mol. The zero-order valence-electron chi connectivity index (χ0n) is 9.58. The molecule has 2 rings (SSSR count). The minimum absolute atomic E-state index is 1.03. The molecule has 3 heteroatoms. The summed E-state index contributed by atoms with van der Waals surface area (Å²) < 4.78 is 2.09. The molecule has 0 spiro atoms. The Bertz CT molecular complexity index is 289. The minimum atomic E-state index is 1.03. The van der Waals surface area contributed by atoms with Crippen LogP contribution in [0.5, 0.6) is 0 Å². The SMILES string of the molecule is Cn1ccnc1CCNCCCC1CC1. The molecule has 0 atom stereocenters. The molecular weight excluding hydrogens is 186 g/mol. The van der Waals surface area contributed by atoms with Gasteiger partial charge in [0, 0.05) is 32.4 Å². The average Bonchev–Trinajstić information content (AvgIpc) is 2.96. The van der Waals surface area contributed by atoms with Gasteiger partial charge in [0.05, 0.1) is 0 Å². The number of aromatic nitrogens is 2. The van der Waals surface area contributed by atoms with Crippen molar-refractivity contribution in [2.24, 2.45) is 13.0 Å². The van der Waals surface area contributed by atoms with Gasteiger partial charge in [-0.1, -0.05) is 12.8 Å². The number of imidazole rings is 1. The van der Waals surface area contributed by atoms with E-state index in [1.807, 2.05) is 12.4 Å². The van der Waals surface area contributed by atoms with Crippen LogP contribution < -0.4 is 5.32 Å². The molecule has 0 saturated heterocycles. The minimum Gasteiger partial charge on any atom is -0.338 e. The number of rotatable bonds is 7. The molecule has 1 saturated carbocycles. The summed E-state index contributed by atoms with van der Waals surface area (Å²) in [7, 11) is 2.05. The molecule has 0 unspecified atom stereocenters. The van der Waals surface area contributed by atoms with Gasteiger partial charge in [0.25, 0.3) is 0 Å². The van der Waals surface area contributed by atoms with Crippen LogP contribution in [0.25, 0.3) is 0 Å². The Morgan fingerprint density at radius 1 is 1.47 bits per heavy atom. The van der Waals surface area contributed by atoms with E-state index < -0.39 is 0 Å². The summed E-state index contributed by atoms with van der Waals surface area (Å²) in [6.07, 6.45) is 10.6. The predicted octanol–water partition coefficient (Wildman–Crippen LogP) is 1.74. The van der Waals surface area contributed by atoms with Crippen molar-refractivity contribution in [3.8, 4) is 0 Å². The topological polar surface area (TPSA) is 29.9 Å². The van der Waals surface area contributed by atoms with E-state index >= 15 is 0 Å². The molecule has 1 heterocycles. The Kier molecular flexibility index (Phi) is 3.78. The van der Waals surface area contributed by atoms with Gasteiger partial charge in [-0.15, -0.1) is 0 Å². The maximum absolute atomic E-state index is 4.29. The Morgan fingerprint density at radius 2 is 2.33 bits per heavy atom. The third kappa shape index (κ3) is 3.67. The Morgan fingerprint density at radius 3 is 3.00 bits per heavy atom. The van der Waals surface area contributed by atoms with Crippen LogP contribution in [0.4, 0.5) is 0 Å². The van der Waals surface area contributed by atoms with Gasteiger partial charge < -0.3 is 9.88 Å². The second-order valence-electron chi connectivity index (χ2n) is 4.54. The van der Waals surface area contributed by atoms with Crippen LogP contribution >= 0.6 is 0 Å². The summed E-state index contributed by atoms with van der Waals surface area (Å²) in [5.74, 6) is 2.24. The Hall–Kier alpha value is -0.830. The summed E-state index contributed by atoms with van der Waals surface area (Å²) in [6.45, 7) is 2.22. The second-order valence-corrected chi connectivity index (χ2v) is 4.54. The summed E-state index contributed by atoms with van der Waals surface area (Å²) in [4.78, 5) is 4.29. The molecule has 15 heavy (non-hydrogen) atoms. The molecule has 0 radical (unpaired) electrons. The number of hydrogen-bond acceptors (Lipinski definition) is 2. The average molecular weight is 207 g/mol. The van der Waals surface area contributed by atoms with Crippen molar-refractivity contribution >= 4 is 0 Å². The molecule has 1 aromatic heterocycles. The van der Waals surface area contributed by atoms with Crippen molar-refractivity contribution in [2.45, 2.75) is 32.1 Å². The van der Waals surface area contributed by atoms with E-state index in [4.69, 9.17) is 0 Å². The molecule has 3 nitrogen and oxygen atoms in total. The Balaban J connectivity index is 1.49. The normalized spacial score (nSPS) is 15.8. The Labute approximate surface area is 91.9 Å². The molecule has 1 aliphatic carbocycles. The highest BCUT2D eigenvalue weighted by Gasteiger charge is 2.19. The first-order valence-electron chi connectivity index (χ1n) is 6.03. The van der Waals surface area contributed by atoms with Crippen molar-refractivity contribution < 1.29 is 0 Å². The fourth-order valence-corrected chi connectivity index (χ4v) is 1.88. The van der Waals surface area contributed by atoms with Crippen molar-refractivity contribution in [2.75, 3.05) is 13.1 Å². The standard InChI is InChI=1S/C12H21N3/c1-15-10-9-14-12(15)6-8-13-7-2-3-11-4-5-11/h9-11,13H,2-8H2,1H3. The highest BCUT2D eigenvalue weighted by molar-refractivity contribution is 4.91. The second kappa shape index (κ2) is 5.31. The first-order chi connectivity index (χ1) is 7.36. The first kappa shape index (κ1) is 10.7. The van der Waals surface area contributed by atoms with Crippen LogP contribution in [0.3, 0.4) is 0 Å². The molecule has 1 N–H and O–H groups in total. The lowest BCUT2D eigenvalue weighted by Crippen LogP contribution is -2.19. The van der Waals surface area contributed by atoms with Gasteiger partial charge in [0.2, 0.25) is 0 Å².